The van der Waals surface area contributed by atoms with Gasteiger partial charge in [0.1, 0.15) is 10.9 Å². The Morgan fingerprint density at radius 2 is 1.89 bits per heavy atom. The first-order chi connectivity index (χ1) is 9.00. The highest BCUT2D eigenvalue weighted by atomic mass is 35.5. The number of hydrogen-bond donors (Lipinski definition) is 1. The Balaban J connectivity index is 2.23. The molecule has 3 unspecified atom stereocenters. The maximum Gasteiger partial charge on any atom is 0.137 e. The molecule has 0 bridgehead atoms. The summed E-state index contributed by atoms with van der Waals surface area (Å²) in [5.74, 6) is 1.19. The Morgan fingerprint density at radius 3 is 2.47 bits per heavy atom. The first-order valence-corrected chi connectivity index (χ1v) is 8.01. The standard InChI is InChI=1S/C15H19Cl3O/c1-9-4-2-3-5-11(9)12-7-6-10(8-13(12)16)14(19)15(17)18/h6-9,11,14-15,19H,2-5H2,1H3. The smallest absolute Gasteiger partial charge is 0.137 e. The molecule has 0 aliphatic heterocycles. The van der Waals surface area contributed by atoms with Crippen LogP contribution >= 0.6 is 34.8 Å². The zero-order chi connectivity index (χ0) is 14.0. The quantitative estimate of drug-likeness (QED) is 0.732. The van der Waals surface area contributed by atoms with Gasteiger partial charge in [-0.1, -0.05) is 49.9 Å². The summed E-state index contributed by atoms with van der Waals surface area (Å²) in [6.07, 6.45) is 4.14. The van der Waals surface area contributed by atoms with Crippen molar-refractivity contribution in [1.82, 2.24) is 0 Å². The normalized spacial score (nSPS) is 25.6. The molecule has 0 amide bonds. The Hall–Kier alpha value is 0.0500. The Kier molecular flexibility index (Phi) is 5.42. The van der Waals surface area contributed by atoms with Gasteiger partial charge in [0.15, 0.2) is 0 Å². The molecule has 1 N–H and O–H groups in total. The van der Waals surface area contributed by atoms with Crippen molar-refractivity contribution in [2.45, 2.75) is 49.5 Å². The highest BCUT2D eigenvalue weighted by Crippen LogP contribution is 2.41. The fraction of sp³-hybridized carbons (Fsp3) is 0.600. The third kappa shape index (κ3) is 3.58. The van der Waals surface area contributed by atoms with Crippen LogP contribution in [0, 0.1) is 5.92 Å². The molecule has 1 aromatic rings. The van der Waals surface area contributed by atoms with Crippen molar-refractivity contribution in [2.75, 3.05) is 0 Å². The van der Waals surface area contributed by atoms with Crippen LogP contribution < -0.4 is 0 Å². The second-order valence-electron chi connectivity index (χ2n) is 5.43. The van der Waals surface area contributed by atoms with Crippen LogP contribution in [0.15, 0.2) is 18.2 Å². The molecule has 1 aliphatic rings. The van der Waals surface area contributed by atoms with E-state index in [4.69, 9.17) is 34.8 Å². The number of aliphatic hydroxyl groups is 1. The zero-order valence-corrected chi connectivity index (χ0v) is 13.2. The van der Waals surface area contributed by atoms with Crippen molar-refractivity contribution >= 4 is 34.8 Å². The molecule has 0 heterocycles. The average molecular weight is 322 g/mol. The highest BCUT2D eigenvalue weighted by Gasteiger charge is 2.25. The lowest BCUT2D eigenvalue weighted by molar-refractivity contribution is 0.193. The predicted molar refractivity (Wildman–Crippen MR) is 82.3 cm³/mol. The summed E-state index contributed by atoms with van der Waals surface area (Å²) < 4.78 is 0. The molecule has 3 atom stereocenters. The molecule has 1 saturated carbocycles. The molecular weight excluding hydrogens is 303 g/mol. The molecule has 19 heavy (non-hydrogen) atoms. The second kappa shape index (κ2) is 6.67. The van der Waals surface area contributed by atoms with E-state index >= 15 is 0 Å². The largest absolute Gasteiger partial charge is 0.386 e. The lowest BCUT2D eigenvalue weighted by Gasteiger charge is -2.30. The minimum Gasteiger partial charge on any atom is -0.386 e. The summed E-state index contributed by atoms with van der Waals surface area (Å²) in [7, 11) is 0. The first-order valence-electron chi connectivity index (χ1n) is 6.76. The maximum atomic E-state index is 9.85. The van der Waals surface area contributed by atoms with Crippen molar-refractivity contribution in [3.63, 3.8) is 0 Å². The summed E-state index contributed by atoms with van der Waals surface area (Å²) in [5.41, 5.74) is 1.86. The Bertz CT molecular complexity index is 433. The number of benzene rings is 1. The van der Waals surface area contributed by atoms with Crippen LogP contribution in [0.2, 0.25) is 5.02 Å². The SMILES string of the molecule is CC1CCCCC1c1ccc(C(O)C(Cl)Cl)cc1Cl. The summed E-state index contributed by atoms with van der Waals surface area (Å²) >= 11 is 17.8. The van der Waals surface area contributed by atoms with Crippen LogP contribution in [0.3, 0.4) is 0 Å². The Morgan fingerprint density at radius 1 is 1.21 bits per heavy atom. The van der Waals surface area contributed by atoms with Crippen molar-refractivity contribution < 1.29 is 5.11 Å². The minimum absolute atomic E-state index is 0.523. The topological polar surface area (TPSA) is 20.2 Å². The van der Waals surface area contributed by atoms with Gasteiger partial charge in [0, 0.05) is 5.02 Å². The highest BCUT2D eigenvalue weighted by molar-refractivity contribution is 6.44. The second-order valence-corrected chi connectivity index (χ2v) is 7.00. The number of rotatable bonds is 3. The van der Waals surface area contributed by atoms with Crippen LogP contribution in [0.5, 0.6) is 0 Å². The van der Waals surface area contributed by atoms with E-state index in [0.717, 1.165) is 0 Å². The summed E-state index contributed by atoms with van der Waals surface area (Å²) in [6, 6.07) is 5.69. The number of aliphatic hydroxyl groups excluding tert-OH is 1. The lowest BCUT2D eigenvalue weighted by Crippen LogP contribution is -2.15. The minimum atomic E-state index is -0.890. The molecule has 0 saturated heterocycles. The molecule has 0 aromatic heterocycles. The van der Waals surface area contributed by atoms with Crippen LogP contribution in [0.25, 0.3) is 0 Å². The van der Waals surface area contributed by atoms with Crippen LogP contribution in [-0.4, -0.2) is 9.94 Å². The maximum absolute atomic E-state index is 9.85. The van der Waals surface area contributed by atoms with Gasteiger partial charge in [0.2, 0.25) is 0 Å². The fourth-order valence-corrected chi connectivity index (χ4v) is 3.57. The van der Waals surface area contributed by atoms with Gasteiger partial charge < -0.3 is 5.11 Å². The first kappa shape index (κ1) is 15.4. The average Bonchev–Trinajstić information content (AvgIpc) is 2.38. The van der Waals surface area contributed by atoms with Crippen molar-refractivity contribution in [2.24, 2.45) is 5.92 Å². The van der Waals surface area contributed by atoms with E-state index in [2.05, 4.69) is 6.92 Å². The zero-order valence-electron chi connectivity index (χ0n) is 11.0. The summed E-state index contributed by atoms with van der Waals surface area (Å²) in [4.78, 5) is -0.837. The molecule has 0 radical (unpaired) electrons. The van der Waals surface area contributed by atoms with Gasteiger partial charge in [-0.05, 0) is 35.4 Å². The van der Waals surface area contributed by atoms with E-state index in [-0.39, 0.29) is 0 Å². The lowest BCUT2D eigenvalue weighted by atomic mass is 9.76. The fourth-order valence-electron chi connectivity index (χ4n) is 2.95. The van der Waals surface area contributed by atoms with Crippen LogP contribution in [0.1, 0.15) is 55.8 Å². The third-order valence-corrected chi connectivity index (χ3v) is 4.92. The van der Waals surface area contributed by atoms with Gasteiger partial charge in [-0.3, -0.25) is 0 Å². The van der Waals surface area contributed by atoms with E-state index in [1.807, 2.05) is 12.1 Å². The number of halogens is 3. The van der Waals surface area contributed by atoms with Crippen LogP contribution in [-0.2, 0) is 0 Å². The molecule has 1 aliphatic carbocycles. The molecule has 1 fully saturated rings. The Labute approximate surface area is 129 Å². The molecule has 1 aromatic carbocycles. The third-order valence-electron chi connectivity index (χ3n) is 4.12. The van der Waals surface area contributed by atoms with Crippen molar-refractivity contribution in [3.05, 3.63) is 34.3 Å². The predicted octanol–water partition coefficient (Wildman–Crippen LogP) is 5.47. The number of alkyl halides is 2. The molecule has 0 spiro atoms. The van der Waals surface area contributed by atoms with Gasteiger partial charge in [-0.15, -0.1) is 23.2 Å². The molecule has 2 rings (SSSR count). The molecule has 4 heteroatoms. The monoisotopic (exact) mass is 320 g/mol. The summed E-state index contributed by atoms with van der Waals surface area (Å²) in [6.45, 7) is 2.29. The van der Waals surface area contributed by atoms with Gasteiger partial charge in [0.05, 0.1) is 0 Å². The van der Waals surface area contributed by atoms with E-state index in [9.17, 15) is 5.11 Å². The molecule has 106 valence electrons. The van der Waals surface area contributed by atoms with E-state index in [1.165, 1.54) is 31.2 Å². The molecular formula is C15H19Cl3O. The van der Waals surface area contributed by atoms with Gasteiger partial charge >= 0.3 is 0 Å². The van der Waals surface area contributed by atoms with Gasteiger partial charge in [-0.25, -0.2) is 0 Å². The van der Waals surface area contributed by atoms with Crippen molar-refractivity contribution in [1.29, 1.82) is 0 Å². The van der Waals surface area contributed by atoms with Gasteiger partial charge in [-0.2, -0.15) is 0 Å². The van der Waals surface area contributed by atoms with E-state index in [1.54, 1.807) is 6.07 Å². The van der Waals surface area contributed by atoms with E-state index < -0.39 is 10.9 Å². The number of hydrogen-bond acceptors (Lipinski definition) is 1. The van der Waals surface area contributed by atoms with Crippen LogP contribution in [0.4, 0.5) is 0 Å². The molecule has 1 nitrogen and oxygen atoms in total. The van der Waals surface area contributed by atoms with Crippen molar-refractivity contribution in [3.8, 4) is 0 Å². The van der Waals surface area contributed by atoms with Gasteiger partial charge in [0.25, 0.3) is 0 Å². The summed E-state index contributed by atoms with van der Waals surface area (Å²) in [5, 5.41) is 10.6. The van der Waals surface area contributed by atoms with E-state index in [0.29, 0.717) is 22.4 Å².